The summed E-state index contributed by atoms with van der Waals surface area (Å²) in [5, 5.41) is 0. The van der Waals surface area contributed by atoms with Gasteiger partial charge in [-0.25, -0.2) is 0 Å². The second kappa shape index (κ2) is 7.53. The fourth-order valence-electron chi connectivity index (χ4n) is 5.06. The largest absolute Gasteiger partial charge is 0.339 e. The first-order valence-corrected chi connectivity index (χ1v) is 9.12. The van der Waals surface area contributed by atoms with Crippen molar-refractivity contribution < 1.29 is 4.79 Å². The standard InChI is InChI=1S/C18H32N2O.ClH/c1-12-5-3-6-13(2)20(11-12)18(21)16-9-14-7-4-8-15(10-16)17(14)19;/h12-17H,3-11,19H2,1-2H3;1H. The SMILES string of the molecule is CC1CCCC(C)N(C(=O)C2CC3CCCC(C2)C3N)C1.Cl. The Morgan fingerprint density at radius 1 is 1.00 bits per heavy atom. The van der Waals surface area contributed by atoms with E-state index in [1.54, 1.807) is 0 Å². The minimum atomic E-state index is 0. The van der Waals surface area contributed by atoms with Gasteiger partial charge in [-0.2, -0.15) is 0 Å². The minimum Gasteiger partial charge on any atom is -0.339 e. The van der Waals surface area contributed by atoms with Crippen LogP contribution in [0.25, 0.3) is 0 Å². The van der Waals surface area contributed by atoms with Crippen LogP contribution < -0.4 is 5.73 Å². The molecule has 2 N–H and O–H groups in total. The molecule has 1 saturated heterocycles. The molecule has 3 nitrogen and oxygen atoms in total. The molecule has 4 atom stereocenters. The molecule has 4 unspecified atom stereocenters. The van der Waals surface area contributed by atoms with Crippen LogP contribution in [0.4, 0.5) is 0 Å². The highest BCUT2D eigenvalue weighted by Crippen LogP contribution is 2.42. The second-order valence-corrected chi connectivity index (χ2v) is 8.07. The van der Waals surface area contributed by atoms with Crippen molar-refractivity contribution in [2.45, 2.75) is 77.3 Å². The number of nitrogens with two attached hydrogens (primary N) is 1. The molecule has 0 spiro atoms. The van der Waals surface area contributed by atoms with Gasteiger partial charge in [-0.3, -0.25) is 4.79 Å². The number of likely N-dealkylation sites (tertiary alicyclic amines) is 1. The lowest BCUT2D eigenvalue weighted by atomic mass is 9.65. The summed E-state index contributed by atoms with van der Waals surface area (Å²) in [7, 11) is 0. The number of fused-ring (bicyclic) bond motifs is 2. The summed E-state index contributed by atoms with van der Waals surface area (Å²) in [6.07, 6.45) is 9.63. The van der Waals surface area contributed by atoms with E-state index >= 15 is 0 Å². The highest BCUT2D eigenvalue weighted by molar-refractivity contribution is 5.85. The zero-order valence-corrected chi connectivity index (χ0v) is 15.0. The van der Waals surface area contributed by atoms with Gasteiger partial charge in [0, 0.05) is 24.5 Å². The van der Waals surface area contributed by atoms with Crippen molar-refractivity contribution in [3.8, 4) is 0 Å². The Hall–Kier alpha value is -0.280. The van der Waals surface area contributed by atoms with Crippen LogP contribution >= 0.6 is 12.4 Å². The molecule has 0 aromatic rings. The van der Waals surface area contributed by atoms with E-state index in [-0.39, 0.29) is 18.3 Å². The Kier molecular flexibility index (Phi) is 6.18. The molecule has 128 valence electrons. The van der Waals surface area contributed by atoms with Gasteiger partial charge in [0.25, 0.3) is 0 Å². The van der Waals surface area contributed by atoms with Gasteiger partial charge < -0.3 is 10.6 Å². The van der Waals surface area contributed by atoms with Crippen molar-refractivity contribution in [2.24, 2.45) is 29.4 Å². The molecule has 0 aromatic heterocycles. The molecular formula is C18H33ClN2O. The van der Waals surface area contributed by atoms with Crippen molar-refractivity contribution in [1.29, 1.82) is 0 Å². The molecule has 2 bridgehead atoms. The van der Waals surface area contributed by atoms with E-state index in [0.717, 1.165) is 19.4 Å². The van der Waals surface area contributed by atoms with E-state index in [0.29, 0.717) is 35.7 Å². The molecule has 1 heterocycles. The lowest BCUT2D eigenvalue weighted by Crippen LogP contribution is -2.51. The van der Waals surface area contributed by atoms with Crippen LogP contribution in [0.2, 0.25) is 0 Å². The average molecular weight is 329 g/mol. The van der Waals surface area contributed by atoms with Crippen LogP contribution in [0.1, 0.15) is 65.2 Å². The van der Waals surface area contributed by atoms with Crippen LogP contribution in [0.3, 0.4) is 0 Å². The molecule has 2 saturated carbocycles. The lowest BCUT2D eigenvalue weighted by molar-refractivity contribution is -0.141. The molecule has 22 heavy (non-hydrogen) atoms. The van der Waals surface area contributed by atoms with Crippen molar-refractivity contribution in [1.82, 2.24) is 4.90 Å². The number of hydrogen-bond donors (Lipinski definition) is 1. The second-order valence-electron chi connectivity index (χ2n) is 8.07. The van der Waals surface area contributed by atoms with Crippen LogP contribution in [-0.4, -0.2) is 29.4 Å². The van der Waals surface area contributed by atoms with Gasteiger partial charge >= 0.3 is 0 Å². The zero-order valence-electron chi connectivity index (χ0n) is 14.2. The van der Waals surface area contributed by atoms with Crippen molar-refractivity contribution >= 4 is 18.3 Å². The maximum absolute atomic E-state index is 13.1. The summed E-state index contributed by atoms with van der Waals surface area (Å²) in [4.78, 5) is 15.3. The fraction of sp³-hybridized carbons (Fsp3) is 0.944. The van der Waals surface area contributed by atoms with Crippen LogP contribution in [0, 0.1) is 23.7 Å². The van der Waals surface area contributed by atoms with Crippen molar-refractivity contribution in [3.63, 3.8) is 0 Å². The normalized spacial score (nSPS) is 42.2. The highest BCUT2D eigenvalue weighted by atomic mass is 35.5. The summed E-state index contributed by atoms with van der Waals surface area (Å²) in [6, 6.07) is 0.793. The zero-order chi connectivity index (χ0) is 15.0. The number of carbonyl (C=O) groups is 1. The molecule has 4 heteroatoms. The topological polar surface area (TPSA) is 46.3 Å². The summed E-state index contributed by atoms with van der Waals surface area (Å²) in [5.41, 5.74) is 6.37. The van der Waals surface area contributed by atoms with Gasteiger partial charge in [0.2, 0.25) is 5.91 Å². The number of halogens is 1. The Balaban J connectivity index is 0.00000176. The predicted molar refractivity (Wildman–Crippen MR) is 93.0 cm³/mol. The Morgan fingerprint density at radius 3 is 2.23 bits per heavy atom. The summed E-state index contributed by atoms with van der Waals surface area (Å²) < 4.78 is 0. The third kappa shape index (κ3) is 3.62. The van der Waals surface area contributed by atoms with Gasteiger partial charge in [0.15, 0.2) is 0 Å². The average Bonchev–Trinajstić information content (AvgIpc) is 2.59. The Bertz CT molecular complexity index is 375. The molecule has 3 aliphatic rings. The molecule has 3 fully saturated rings. The summed E-state index contributed by atoms with van der Waals surface area (Å²) in [5.74, 6) is 2.56. The van der Waals surface area contributed by atoms with Crippen molar-refractivity contribution in [3.05, 3.63) is 0 Å². The number of hydrogen-bond acceptors (Lipinski definition) is 2. The highest BCUT2D eigenvalue weighted by Gasteiger charge is 2.42. The van der Waals surface area contributed by atoms with Gasteiger partial charge in [-0.1, -0.05) is 19.8 Å². The monoisotopic (exact) mass is 328 g/mol. The molecule has 2 aliphatic carbocycles. The predicted octanol–water partition coefficient (Wildman–Crippen LogP) is 3.60. The number of rotatable bonds is 1. The van der Waals surface area contributed by atoms with Crippen molar-refractivity contribution in [2.75, 3.05) is 6.54 Å². The maximum atomic E-state index is 13.1. The van der Waals surface area contributed by atoms with E-state index in [1.165, 1.54) is 38.5 Å². The van der Waals surface area contributed by atoms with E-state index in [9.17, 15) is 4.79 Å². The molecule has 3 rings (SSSR count). The number of carbonyl (C=O) groups excluding carboxylic acids is 1. The Morgan fingerprint density at radius 2 is 1.59 bits per heavy atom. The summed E-state index contributed by atoms with van der Waals surface area (Å²) in [6.45, 7) is 5.51. The quantitative estimate of drug-likeness (QED) is 0.799. The molecule has 1 amide bonds. The van der Waals surface area contributed by atoms with E-state index in [1.807, 2.05) is 0 Å². The van der Waals surface area contributed by atoms with Crippen LogP contribution in [0.15, 0.2) is 0 Å². The Labute approximate surface area is 141 Å². The first-order valence-electron chi connectivity index (χ1n) is 9.12. The van der Waals surface area contributed by atoms with Gasteiger partial charge in [0.05, 0.1) is 0 Å². The number of nitrogens with zero attached hydrogens (tertiary/aromatic N) is 1. The third-order valence-electron chi connectivity index (χ3n) is 6.40. The van der Waals surface area contributed by atoms with Crippen LogP contribution in [-0.2, 0) is 4.79 Å². The molecule has 1 aliphatic heterocycles. The first-order chi connectivity index (χ1) is 10.1. The molecule has 0 radical (unpaired) electrons. The van der Waals surface area contributed by atoms with E-state index < -0.39 is 0 Å². The van der Waals surface area contributed by atoms with Gasteiger partial charge in [-0.15, -0.1) is 12.4 Å². The number of amides is 1. The third-order valence-corrected chi connectivity index (χ3v) is 6.40. The smallest absolute Gasteiger partial charge is 0.225 e. The minimum absolute atomic E-state index is 0. The van der Waals surface area contributed by atoms with E-state index in [2.05, 4.69) is 18.7 Å². The van der Waals surface area contributed by atoms with Gasteiger partial charge in [-0.05, 0) is 63.2 Å². The van der Waals surface area contributed by atoms with E-state index in [4.69, 9.17) is 5.73 Å². The molecule has 0 aromatic carbocycles. The summed E-state index contributed by atoms with van der Waals surface area (Å²) >= 11 is 0. The van der Waals surface area contributed by atoms with Crippen LogP contribution in [0.5, 0.6) is 0 Å². The fourth-order valence-corrected chi connectivity index (χ4v) is 5.06. The first kappa shape index (κ1) is 18.1. The van der Waals surface area contributed by atoms with Gasteiger partial charge in [0.1, 0.15) is 0 Å². The maximum Gasteiger partial charge on any atom is 0.225 e. The molecular weight excluding hydrogens is 296 g/mol. The lowest BCUT2D eigenvalue weighted by Gasteiger charge is -2.45.